The quantitative estimate of drug-likeness (QED) is 0.761. The fraction of sp³-hybridized carbons (Fsp3) is 0.333. The van der Waals surface area contributed by atoms with E-state index in [2.05, 4.69) is 4.98 Å². The van der Waals surface area contributed by atoms with Crippen LogP contribution in [0.1, 0.15) is 28.4 Å². The molecule has 0 saturated heterocycles. The van der Waals surface area contributed by atoms with E-state index in [0.29, 0.717) is 25.2 Å². The van der Waals surface area contributed by atoms with Crippen molar-refractivity contribution in [2.24, 2.45) is 0 Å². The van der Waals surface area contributed by atoms with Gasteiger partial charge >= 0.3 is 0 Å². The summed E-state index contributed by atoms with van der Waals surface area (Å²) < 4.78 is 18.2. The smallest absolute Gasteiger partial charge is 0.182 e. The van der Waals surface area contributed by atoms with Crippen molar-refractivity contribution in [3.8, 4) is 0 Å². The van der Waals surface area contributed by atoms with Gasteiger partial charge in [-0.25, -0.2) is 4.39 Å². The van der Waals surface area contributed by atoms with Crippen LogP contribution in [0.2, 0.25) is 0 Å². The largest absolute Gasteiger partial charge is 0.465 e. The predicted octanol–water partition coefficient (Wildman–Crippen LogP) is 2.83. The molecule has 0 radical (unpaired) electrons. The second-order valence-electron chi connectivity index (χ2n) is 4.78. The van der Waals surface area contributed by atoms with Crippen LogP contribution in [0.3, 0.4) is 0 Å². The van der Waals surface area contributed by atoms with E-state index < -0.39 is 5.82 Å². The zero-order valence-electron chi connectivity index (χ0n) is 11.6. The van der Waals surface area contributed by atoms with Crippen molar-refractivity contribution in [2.75, 3.05) is 13.6 Å². The van der Waals surface area contributed by atoms with Gasteiger partial charge in [0.15, 0.2) is 5.78 Å². The Bertz CT molecular complexity index is 578. The van der Waals surface area contributed by atoms with Crippen LogP contribution in [0, 0.1) is 12.7 Å². The van der Waals surface area contributed by atoms with E-state index in [-0.39, 0.29) is 5.78 Å². The van der Waals surface area contributed by atoms with Crippen LogP contribution >= 0.6 is 0 Å². The van der Waals surface area contributed by atoms with Gasteiger partial charge in [0.25, 0.3) is 0 Å². The summed E-state index contributed by atoms with van der Waals surface area (Å²) >= 11 is 0. The summed E-state index contributed by atoms with van der Waals surface area (Å²) in [7, 11) is 1.92. The van der Waals surface area contributed by atoms with Crippen molar-refractivity contribution in [3.05, 3.63) is 53.5 Å². The Balaban J connectivity index is 1.82. The fourth-order valence-corrected chi connectivity index (χ4v) is 1.88. The van der Waals surface area contributed by atoms with E-state index in [1.54, 1.807) is 0 Å². The summed E-state index contributed by atoms with van der Waals surface area (Å²) in [6.45, 7) is 3.14. The molecule has 106 valence electrons. The maximum Gasteiger partial charge on any atom is 0.182 e. The van der Waals surface area contributed by atoms with Gasteiger partial charge < -0.3 is 4.42 Å². The molecule has 0 aliphatic rings. The van der Waals surface area contributed by atoms with E-state index in [1.165, 1.54) is 12.1 Å². The molecule has 0 saturated carbocycles. The third kappa shape index (κ3) is 3.99. The lowest BCUT2D eigenvalue weighted by molar-refractivity contribution is 0.0961. The Kier molecular flexibility index (Phi) is 4.63. The zero-order valence-corrected chi connectivity index (χ0v) is 11.6. The second-order valence-corrected chi connectivity index (χ2v) is 4.78. The van der Waals surface area contributed by atoms with Gasteiger partial charge in [0.2, 0.25) is 0 Å². The zero-order chi connectivity index (χ0) is 14.5. The number of carbonyl (C=O) groups is 1. The predicted molar refractivity (Wildman–Crippen MR) is 72.9 cm³/mol. The van der Waals surface area contributed by atoms with Gasteiger partial charge in [-0.2, -0.15) is 0 Å². The Morgan fingerprint density at radius 3 is 2.75 bits per heavy atom. The number of Topliss-reactive ketones (excluding diaryl/α,β-unsaturated/α-hetero) is 1. The molecular weight excluding hydrogens is 259 g/mol. The summed E-state index contributed by atoms with van der Waals surface area (Å²) in [5, 5.41) is 0. The number of pyridine rings is 1. The summed E-state index contributed by atoms with van der Waals surface area (Å²) in [6, 6.07) is 6.50. The second kappa shape index (κ2) is 6.43. The minimum absolute atomic E-state index is 0.0903. The summed E-state index contributed by atoms with van der Waals surface area (Å²) in [4.78, 5) is 17.7. The highest BCUT2D eigenvalue weighted by Gasteiger charge is 2.10. The lowest BCUT2D eigenvalue weighted by atomic mass is 10.2. The van der Waals surface area contributed by atoms with Crippen molar-refractivity contribution in [1.29, 1.82) is 0 Å². The minimum Gasteiger partial charge on any atom is -0.465 e. The molecule has 0 aliphatic carbocycles. The van der Waals surface area contributed by atoms with E-state index in [1.807, 2.05) is 31.0 Å². The lowest BCUT2D eigenvalue weighted by Gasteiger charge is -2.14. The van der Waals surface area contributed by atoms with E-state index in [0.717, 1.165) is 17.7 Å². The number of aryl methyl sites for hydroxylation is 1. The number of hydrogen-bond acceptors (Lipinski definition) is 4. The van der Waals surface area contributed by atoms with Crippen molar-refractivity contribution in [2.45, 2.75) is 19.9 Å². The van der Waals surface area contributed by atoms with Crippen molar-refractivity contribution < 1.29 is 13.6 Å². The highest BCUT2D eigenvalue weighted by atomic mass is 19.1. The van der Waals surface area contributed by atoms with Crippen LogP contribution in [0.4, 0.5) is 4.39 Å². The van der Waals surface area contributed by atoms with Crippen LogP contribution in [0.25, 0.3) is 0 Å². The topological polar surface area (TPSA) is 46.3 Å². The molecule has 0 amide bonds. The average molecular weight is 276 g/mol. The minimum atomic E-state index is -0.438. The van der Waals surface area contributed by atoms with Gasteiger partial charge in [-0.05, 0) is 38.2 Å². The number of carbonyl (C=O) groups excluding carboxylic acids is 1. The highest BCUT2D eigenvalue weighted by molar-refractivity contribution is 5.94. The number of nitrogens with zero attached hydrogens (tertiary/aromatic N) is 2. The van der Waals surface area contributed by atoms with Gasteiger partial charge in [0.1, 0.15) is 23.0 Å². The van der Waals surface area contributed by atoms with Crippen LogP contribution in [0.5, 0.6) is 0 Å². The van der Waals surface area contributed by atoms with Crippen LogP contribution in [0.15, 0.2) is 34.9 Å². The molecule has 0 unspecified atom stereocenters. The number of furan rings is 1. The van der Waals surface area contributed by atoms with E-state index in [4.69, 9.17) is 4.42 Å². The number of halogens is 1. The van der Waals surface area contributed by atoms with Crippen LogP contribution in [-0.2, 0) is 6.54 Å². The third-order valence-corrected chi connectivity index (χ3v) is 2.96. The van der Waals surface area contributed by atoms with Gasteiger partial charge in [0, 0.05) is 13.0 Å². The molecule has 0 aliphatic heterocycles. The molecule has 2 heterocycles. The molecular formula is C15H17FN2O2. The maximum absolute atomic E-state index is 12.7. The molecule has 0 fully saturated rings. The van der Waals surface area contributed by atoms with Crippen molar-refractivity contribution >= 4 is 5.78 Å². The lowest BCUT2D eigenvalue weighted by Crippen LogP contribution is -2.21. The molecule has 2 aromatic heterocycles. The number of rotatable bonds is 6. The number of aromatic nitrogens is 1. The van der Waals surface area contributed by atoms with Gasteiger partial charge in [-0.1, -0.05) is 0 Å². The summed E-state index contributed by atoms with van der Waals surface area (Å²) in [6.07, 6.45) is 1.40. The Labute approximate surface area is 117 Å². The first kappa shape index (κ1) is 14.4. The van der Waals surface area contributed by atoms with Crippen molar-refractivity contribution in [3.63, 3.8) is 0 Å². The van der Waals surface area contributed by atoms with Gasteiger partial charge in [-0.15, -0.1) is 0 Å². The molecule has 2 aromatic rings. The van der Waals surface area contributed by atoms with Gasteiger partial charge in [-0.3, -0.25) is 14.7 Å². The SMILES string of the molecule is Cc1ccc(CN(C)CCC(=O)c2ccc(F)cn2)o1. The number of ketones is 1. The van der Waals surface area contributed by atoms with E-state index in [9.17, 15) is 9.18 Å². The Hall–Kier alpha value is -2.01. The molecule has 0 N–H and O–H groups in total. The standard InChI is InChI=1S/C15H17FN2O2/c1-11-3-5-13(20-11)10-18(2)8-7-15(19)14-6-4-12(16)9-17-14/h3-6,9H,7-8,10H2,1-2H3. The van der Waals surface area contributed by atoms with Crippen molar-refractivity contribution in [1.82, 2.24) is 9.88 Å². The molecule has 5 heteroatoms. The molecule has 0 bridgehead atoms. The molecule has 0 atom stereocenters. The normalized spacial score (nSPS) is 11.0. The maximum atomic E-state index is 12.7. The molecule has 0 spiro atoms. The molecule has 4 nitrogen and oxygen atoms in total. The van der Waals surface area contributed by atoms with Crippen LogP contribution < -0.4 is 0 Å². The Morgan fingerprint density at radius 2 is 2.15 bits per heavy atom. The van der Waals surface area contributed by atoms with Gasteiger partial charge in [0.05, 0.1) is 12.7 Å². The molecule has 0 aromatic carbocycles. The first-order valence-electron chi connectivity index (χ1n) is 6.43. The van der Waals surface area contributed by atoms with Crippen LogP contribution in [-0.4, -0.2) is 29.3 Å². The summed E-state index contributed by atoms with van der Waals surface area (Å²) in [5.74, 6) is 1.22. The average Bonchev–Trinajstić information content (AvgIpc) is 2.82. The Morgan fingerprint density at radius 1 is 1.35 bits per heavy atom. The monoisotopic (exact) mass is 276 g/mol. The highest BCUT2D eigenvalue weighted by Crippen LogP contribution is 2.09. The first-order chi connectivity index (χ1) is 9.54. The summed E-state index contributed by atoms with van der Waals surface area (Å²) in [5.41, 5.74) is 0.300. The fourth-order valence-electron chi connectivity index (χ4n) is 1.88. The number of hydrogen-bond donors (Lipinski definition) is 0. The molecule has 20 heavy (non-hydrogen) atoms. The molecule has 2 rings (SSSR count). The first-order valence-corrected chi connectivity index (χ1v) is 6.43. The third-order valence-electron chi connectivity index (χ3n) is 2.96. The van der Waals surface area contributed by atoms with E-state index >= 15 is 0 Å².